The molecule has 2 aromatic rings. The number of carbonyl (C=O) groups is 1. The van der Waals surface area contributed by atoms with Gasteiger partial charge in [0.25, 0.3) is 5.91 Å². The number of benzene rings is 1. The molecule has 1 aliphatic rings. The van der Waals surface area contributed by atoms with Gasteiger partial charge >= 0.3 is 0 Å². The minimum absolute atomic E-state index is 0.124. The molecule has 1 aliphatic heterocycles. The first-order chi connectivity index (χ1) is 11.3. The van der Waals surface area contributed by atoms with Gasteiger partial charge in [0.15, 0.2) is 0 Å². The molecule has 1 N–H and O–H groups in total. The number of nitrogens with one attached hydrogen (secondary N) is 1. The molecule has 120 valence electrons. The van der Waals surface area contributed by atoms with Gasteiger partial charge in [-0.3, -0.25) is 9.78 Å². The standard InChI is InChI=1S/C18H21N3O2/c1-23-17-8-12-21(13-9-17)16-4-2-15(3-5-16)20-18(22)14-6-10-19-11-7-14/h2-7,10-11,17H,8-9,12-13H2,1H3,(H,20,22). The van der Waals surface area contributed by atoms with Gasteiger partial charge in [0.05, 0.1) is 6.10 Å². The van der Waals surface area contributed by atoms with Gasteiger partial charge in [-0.1, -0.05) is 0 Å². The van der Waals surface area contributed by atoms with Crippen LogP contribution in [-0.2, 0) is 4.74 Å². The second-order valence-corrected chi connectivity index (χ2v) is 5.66. The first-order valence-electron chi connectivity index (χ1n) is 7.85. The Hall–Kier alpha value is -2.40. The molecule has 0 saturated carbocycles. The predicted molar refractivity (Wildman–Crippen MR) is 90.9 cm³/mol. The van der Waals surface area contributed by atoms with Crippen molar-refractivity contribution in [2.24, 2.45) is 0 Å². The molecule has 0 radical (unpaired) electrons. The third kappa shape index (κ3) is 3.87. The van der Waals surface area contributed by atoms with Gasteiger partial charge in [0.1, 0.15) is 0 Å². The Kier molecular flexibility index (Phi) is 4.88. The first kappa shape index (κ1) is 15.5. The Bertz CT molecular complexity index is 635. The van der Waals surface area contributed by atoms with Gasteiger partial charge in [-0.2, -0.15) is 0 Å². The highest BCUT2D eigenvalue weighted by Gasteiger charge is 2.18. The SMILES string of the molecule is COC1CCN(c2ccc(NC(=O)c3ccncc3)cc2)CC1. The summed E-state index contributed by atoms with van der Waals surface area (Å²) in [5.74, 6) is -0.124. The van der Waals surface area contributed by atoms with E-state index in [-0.39, 0.29) is 5.91 Å². The number of methoxy groups -OCH3 is 1. The molecule has 1 fully saturated rings. The molecule has 0 aliphatic carbocycles. The van der Waals surface area contributed by atoms with Crippen LogP contribution < -0.4 is 10.2 Å². The number of aromatic nitrogens is 1. The number of hydrogen-bond donors (Lipinski definition) is 1. The molecule has 5 nitrogen and oxygen atoms in total. The summed E-state index contributed by atoms with van der Waals surface area (Å²) in [6.45, 7) is 2.00. The van der Waals surface area contributed by atoms with Crippen molar-refractivity contribution in [2.45, 2.75) is 18.9 Å². The van der Waals surface area contributed by atoms with Crippen LogP contribution in [0.3, 0.4) is 0 Å². The normalized spacial score (nSPS) is 15.4. The number of hydrogen-bond acceptors (Lipinski definition) is 4. The van der Waals surface area contributed by atoms with Crippen LogP contribution in [0.2, 0.25) is 0 Å². The van der Waals surface area contributed by atoms with Gasteiger partial charge in [-0.25, -0.2) is 0 Å². The second-order valence-electron chi connectivity index (χ2n) is 5.66. The lowest BCUT2D eigenvalue weighted by molar-refractivity contribution is 0.0819. The minimum atomic E-state index is -0.124. The van der Waals surface area contributed by atoms with E-state index >= 15 is 0 Å². The maximum atomic E-state index is 12.1. The topological polar surface area (TPSA) is 54.5 Å². The fourth-order valence-electron chi connectivity index (χ4n) is 2.81. The Morgan fingerprint density at radius 1 is 1.13 bits per heavy atom. The molecule has 1 saturated heterocycles. The van der Waals surface area contributed by atoms with Crippen LogP contribution in [0, 0.1) is 0 Å². The third-order valence-corrected chi connectivity index (χ3v) is 4.21. The number of rotatable bonds is 4. The van der Waals surface area contributed by atoms with Crippen LogP contribution in [0.1, 0.15) is 23.2 Å². The second kappa shape index (κ2) is 7.24. The molecule has 1 aromatic carbocycles. The number of carbonyl (C=O) groups excluding carboxylic acids is 1. The van der Waals surface area contributed by atoms with Crippen molar-refractivity contribution < 1.29 is 9.53 Å². The number of ether oxygens (including phenoxy) is 1. The summed E-state index contributed by atoms with van der Waals surface area (Å²) >= 11 is 0. The summed E-state index contributed by atoms with van der Waals surface area (Å²) in [7, 11) is 1.78. The summed E-state index contributed by atoms with van der Waals surface area (Å²) in [5.41, 5.74) is 2.58. The van der Waals surface area contributed by atoms with Crippen molar-refractivity contribution in [1.29, 1.82) is 0 Å². The fraction of sp³-hybridized carbons (Fsp3) is 0.333. The minimum Gasteiger partial charge on any atom is -0.381 e. The van der Waals surface area contributed by atoms with Gasteiger partial charge < -0.3 is 15.0 Å². The van der Waals surface area contributed by atoms with Crippen LogP contribution in [0.5, 0.6) is 0 Å². The largest absolute Gasteiger partial charge is 0.381 e. The Morgan fingerprint density at radius 3 is 2.39 bits per heavy atom. The van der Waals surface area contributed by atoms with Crippen LogP contribution >= 0.6 is 0 Å². The summed E-state index contributed by atoms with van der Waals surface area (Å²) in [6.07, 6.45) is 5.71. The predicted octanol–water partition coefficient (Wildman–Crippen LogP) is 2.95. The lowest BCUT2D eigenvalue weighted by Gasteiger charge is -2.33. The number of amides is 1. The van der Waals surface area contributed by atoms with Crippen LogP contribution in [0.15, 0.2) is 48.8 Å². The third-order valence-electron chi connectivity index (χ3n) is 4.21. The van der Waals surface area contributed by atoms with Crippen molar-refractivity contribution >= 4 is 17.3 Å². The monoisotopic (exact) mass is 311 g/mol. The Balaban J connectivity index is 1.60. The zero-order chi connectivity index (χ0) is 16.1. The first-order valence-corrected chi connectivity index (χ1v) is 7.85. The highest BCUT2D eigenvalue weighted by Crippen LogP contribution is 2.23. The van der Waals surface area contributed by atoms with Crippen molar-refractivity contribution in [3.63, 3.8) is 0 Å². The van der Waals surface area contributed by atoms with E-state index in [2.05, 4.69) is 27.3 Å². The molecule has 0 spiro atoms. The zero-order valence-electron chi connectivity index (χ0n) is 13.2. The van der Waals surface area contributed by atoms with E-state index in [9.17, 15) is 4.79 Å². The fourth-order valence-corrected chi connectivity index (χ4v) is 2.81. The highest BCUT2D eigenvalue weighted by atomic mass is 16.5. The molecule has 5 heteroatoms. The summed E-state index contributed by atoms with van der Waals surface area (Å²) in [4.78, 5) is 18.4. The summed E-state index contributed by atoms with van der Waals surface area (Å²) in [5, 5.41) is 2.90. The van der Waals surface area contributed by atoms with Gasteiger partial charge in [0.2, 0.25) is 0 Å². The summed E-state index contributed by atoms with van der Waals surface area (Å²) < 4.78 is 5.40. The van der Waals surface area contributed by atoms with E-state index in [1.54, 1.807) is 31.6 Å². The van der Waals surface area contributed by atoms with Crippen LogP contribution in [0.25, 0.3) is 0 Å². The molecule has 2 heterocycles. The van der Waals surface area contributed by atoms with Gasteiger partial charge in [-0.15, -0.1) is 0 Å². The number of pyridine rings is 1. The van der Waals surface area contributed by atoms with Gasteiger partial charge in [0, 0.05) is 49.5 Å². The van der Waals surface area contributed by atoms with Gasteiger partial charge in [-0.05, 0) is 49.2 Å². The van der Waals surface area contributed by atoms with Crippen molar-refractivity contribution in [3.05, 3.63) is 54.4 Å². The summed E-state index contributed by atoms with van der Waals surface area (Å²) in [6, 6.07) is 11.4. The number of nitrogens with zero attached hydrogens (tertiary/aromatic N) is 2. The molecule has 0 bridgehead atoms. The van der Waals surface area contributed by atoms with Crippen molar-refractivity contribution in [1.82, 2.24) is 4.98 Å². The zero-order valence-corrected chi connectivity index (χ0v) is 13.2. The van der Waals surface area contributed by atoms with E-state index < -0.39 is 0 Å². The van der Waals surface area contributed by atoms with Crippen molar-refractivity contribution in [2.75, 3.05) is 30.4 Å². The Labute approximate surface area is 136 Å². The quantitative estimate of drug-likeness (QED) is 0.943. The van der Waals surface area contributed by atoms with E-state index in [0.29, 0.717) is 11.7 Å². The molecule has 0 atom stereocenters. The van der Waals surface area contributed by atoms with E-state index in [0.717, 1.165) is 31.6 Å². The lowest BCUT2D eigenvalue weighted by atomic mass is 10.1. The average molecular weight is 311 g/mol. The Morgan fingerprint density at radius 2 is 1.78 bits per heavy atom. The molecule has 1 amide bonds. The smallest absolute Gasteiger partial charge is 0.255 e. The molecule has 23 heavy (non-hydrogen) atoms. The lowest BCUT2D eigenvalue weighted by Crippen LogP contribution is -2.36. The van der Waals surface area contributed by atoms with E-state index in [1.807, 2.05) is 12.1 Å². The highest BCUT2D eigenvalue weighted by molar-refractivity contribution is 6.04. The maximum absolute atomic E-state index is 12.1. The molecule has 1 aromatic heterocycles. The molecule has 0 unspecified atom stereocenters. The van der Waals surface area contributed by atoms with Crippen LogP contribution in [0.4, 0.5) is 11.4 Å². The number of anilines is 2. The molecular formula is C18H21N3O2. The van der Waals surface area contributed by atoms with Crippen molar-refractivity contribution in [3.8, 4) is 0 Å². The van der Waals surface area contributed by atoms with E-state index in [4.69, 9.17) is 4.74 Å². The number of piperidine rings is 1. The van der Waals surface area contributed by atoms with Crippen LogP contribution in [-0.4, -0.2) is 37.2 Å². The van der Waals surface area contributed by atoms with E-state index in [1.165, 1.54) is 5.69 Å². The average Bonchev–Trinajstić information content (AvgIpc) is 2.63. The molecule has 3 rings (SSSR count). The maximum Gasteiger partial charge on any atom is 0.255 e. The molecular weight excluding hydrogens is 290 g/mol.